The molecule has 92 valence electrons. The lowest BCUT2D eigenvalue weighted by Gasteiger charge is -2.06. The molecule has 0 bridgehead atoms. The number of nitrogens with two attached hydrogens (primary N) is 3. The summed E-state index contributed by atoms with van der Waals surface area (Å²) in [7, 11) is 0. The van der Waals surface area contributed by atoms with E-state index in [0.717, 1.165) is 0 Å². The molecule has 0 spiro atoms. The molecule has 0 aliphatic carbocycles. The van der Waals surface area contributed by atoms with E-state index in [-0.39, 0.29) is 11.9 Å². The molecule has 0 aliphatic rings. The van der Waals surface area contributed by atoms with Crippen LogP contribution in [0.3, 0.4) is 0 Å². The SMILES string of the molecule is NC(N)=NC(N)=Nc1c(Cl)cc(Br)c(Cl)c1Br. The summed E-state index contributed by atoms with van der Waals surface area (Å²) in [6.45, 7) is 0. The second-order valence-corrected chi connectivity index (χ2v) is 5.26. The largest absolute Gasteiger partial charge is 0.370 e. The highest BCUT2D eigenvalue weighted by Crippen LogP contribution is 2.42. The third-order valence-corrected chi connectivity index (χ3v) is 4.09. The lowest BCUT2D eigenvalue weighted by Crippen LogP contribution is -2.26. The molecule has 6 N–H and O–H groups in total. The number of guanidine groups is 2. The van der Waals surface area contributed by atoms with Crippen molar-refractivity contribution in [3.8, 4) is 0 Å². The highest BCUT2D eigenvalue weighted by Gasteiger charge is 2.12. The maximum atomic E-state index is 6.00. The van der Waals surface area contributed by atoms with Crippen LogP contribution in [0.2, 0.25) is 10.0 Å². The topological polar surface area (TPSA) is 103 Å². The number of benzene rings is 1. The van der Waals surface area contributed by atoms with Crippen molar-refractivity contribution in [3.05, 3.63) is 25.1 Å². The van der Waals surface area contributed by atoms with Gasteiger partial charge in [-0.3, -0.25) is 0 Å². The average molecular weight is 404 g/mol. The van der Waals surface area contributed by atoms with Crippen LogP contribution in [0.5, 0.6) is 0 Å². The summed E-state index contributed by atoms with van der Waals surface area (Å²) >= 11 is 18.5. The molecule has 0 radical (unpaired) electrons. The molecule has 0 amide bonds. The van der Waals surface area contributed by atoms with Crippen LogP contribution in [0.4, 0.5) is 5.69 Å². The van der Waals surface area contributed by atoms with Gasteiger partial charge in [-0.1, -0.05) is 23.2 Å². The van der Waals surface area contributed by atoms with Gasteiger partial charge >= 0.3 is 0 Å². The van der Waals surface area contributed by atoms with E-state index in [1.54, 1.807) is 6.07 Å². The summed E-state index contributed by atoms with van der Waals surface area (Å²) < 4.78 is 1.13. The molecule has 5 nitrogen and oxygen atoms in total. The highest BCUT2D eigenvalue weighted by molar-refractivity contribution is 9.11. The van der Waals surface area contributed by atoms with Crippen molar-refractivity contribution in [2.24, 2.45) is 27.2 Å². The lowest BCUT2D eigenvalue weighted by atomic mass is 10.3. The first kappa shape index (κ1) is 14.6. The molecule has 0 aliphatic heterocycles. The highest BCUT2D eigenvalue weighted by atomic mass is 79.9. The molecular formula is C8H7Br2Cl2N5. The van der Waals surface area contributed by atoms with Crippen LogP contribution in [0.25, 0.3) is 0 Å². The zero-order valence-corrected chi connectivity index (χ0v) is 12.9. The molecule has 1 rings (SSSR count). The van der Waals surface area contributed by atoms with Crippen LogP contribution < -0.4 is 17.2 Å². The number of aliphatic imine (C=N–C) groups is 2. The molecule has 1 aromatic rings. The number of hydrogen-bond donors (Lipinski definition) is 3. The minimum atomic E-state index is -0.193. The first-order valence-corrected chi connectivity index (χ1v) is 6.44. The Labute approximate surface area is 124 Å². The van der Waals surface area contributed by atoms with Gasteiger partial charge in [0.15, 0.2) is 5.96 Å². The fraction of sp³-hybridized carbons (Fsp3) is 0. The third kappa shape index (κ3) is 3.74. The summed E-state index contributed by atoms with van der Waals surface area (Å²) in [6.07, 6.45) is 0. The van der Waals surface area contributed by atoms with Gasteiger partial charge in [0.05, 0.1) is 14.5 Å². The van der Waals surface area contributed by atoms with Gasteiger partial charge in [0, 0.05) is 4.47 Å². The van der Waals surface area contributed by atoms with Gasteiger partial charge in [-0.25, -0.2) is 4.99 Å². The molecular weight excluding hydrogens is 397 g/mol. The number of nitrogens with zero attached hydrogens (tertiary/aromatic N) is 2. The Morgan fingerprint density at radius 3 is 2.29 bits per heavy atom. The van der Waals surface area contributed by atoms with Gasteiger partial charge in [0.25, 0.3) is 0 Å². The summed E-state index contributed by atoms with van der Waals surface area (Å²) in [5.41, 5.74) is 16.2. The van der Waals surface area contributed by atoms with Crippen molar-refractivity contribution < 1.29 is 0 Å². The molecule has 1 aromatic carbocycles. The van der Waals surface area contributed by atoms with Crippen molar-refractivity contribution in [1.29, 1.82) is 0 Å². The molecule has 0 unspecified atom stereocenters. The van der Waals surface area contributed by atoms with E-state index in [2.05, 4.69) is 41.8 Å². The second kappa shape index (κ2) is 5.90. The first-order chi connectivity index (χ1) is 7.82. The van der Waals surface area contributed by atoms with E-state index >= 15 is 0 Å². The van der Waals surface area contributed by atoms with Gasteiger partial charge < -0.3 is 17.2 Å². The number of halogens is 4. The minimum Gasteiger partial charge on any atom is -0.370 e. The fourth-order valence-corrected chi connectivity index (χ4v) is 2.78. The molecule has 0 saturated carbocycles. The maximum Gasteiger partial charge on any atom is 0.223 e. The Bertz CT molecular complexity index is 511. The van der Waals surface area contributed by atoms with Gasteiger partial charge in [-0.15, -0.1) is 0 Å². The van der Waals surface area contributed by atoms with Crippen LogP contribution >= 0.6 is 55.1 Å². The molecule has 0 saturated heterocycles. The summed E-state index contributed by atoms with van der Waals surface area (Å²) in [5.74, 6) is -0.312. The predicted octanol–water partition coefficient (Wildman–Crippen LogP) is 2.74. The first-order valence-electron chi connectivity index (χ1n) is 4.09. The second-order valence-electron chi connectivity index (χ2n) is 2.82. The smallest absolute Gasteiger partial charge is 0.223 e. The van der Waals surface area contributed by atoms with Crippen molar-refractivity contribution in [3.63, 3.8) is 0 Å². The van der Waals surface area contributed by atoms with Gasteiger partial charge in [-0.2, -0.15) is 4.99 Å². The van der Waals surface area contributed by atoms with Crippen LogP contribution in [-0.2, 0) is 0 Å². The monoisotopic (exact) mass is 401 g/mol. The van der Waals surface area contributed by atoms with Crippen LogP contribution in [-0.4, -0.2) is 11.9 Å². The van der Waals surface area contributed by atoms with Crippen LogP contribution in [0.1, 0.15) is 0 Å². The Balaban J connectivity index is 3.34. The molecule has 0 aromatic heterocycles. The minimum absolute atomic E-state index is 0.119. The van der Waals surface area contributed by atoms with E-state index in [0.29, 0.717) is 24.7 Å². The Kier molecular flexibility index (Phi) is 5.05. The molecule has 0 fully saturated rings. The van der Waals surface area contributed by atoms with E-state index < -0.39 is 0 Å². The van der Waals surface area contributed by atoms with Crippen LogP contribution in [0, 0.1) is 0 Å². The van der Waals surface area contributed by atoms with E-state index in [1.165, 1.54) is 0 Å². The quantitative estimate of drug-likeness (QED) is 0.290. The lowest BCUT2D eigenvalue weighted by molar-refractivity contribution is 1.37. The van der Waals surface area contributed by atoms with Crippen molar-refractivity contribution in [1.82, 2.24) is 0 Å². The standard InChI is InChI=1S/C8H7Br2Cl2N5/c9-2-1-3(11)6(4(10)5(2)12)16-8(15)17-7(13)14/h1H,(H6,13,14,15,16,17). The normalized spacial score (nSPS) is 11.4. The average Bonchev–Trinajstić information content (AvgIpc) is 2.20. The van der Waals surface area contributed by atoms with E-state index in [4.69, 9.17) is 40.4 Å². The summed E-state index contributed by atoms with van der Waals surface area (Å²) in [6, 6.07) is 1.59. The zero-order chi connectivity index (χ0) is 13.2. The van der Waals surface area contributed by atoms with E-state index in [1.807, 2.05) is 0 Å². The van der Waals surface area contributed by atoms with Gasteiger partial charge in [0.1, 0.15) is 5.69 Å². The van der Waals surface area contributed by atoms with Crippen molar-refractivity contribution in [2.45, 2.75) is 0 Å². The Hall–Kier alpha value is -0.500. The zero-order valence-electron chi connectivity index (χ0n) is 8.22. The van der Waals surface area contributed by atoms with Crippen molar-refractivity contribution >= 4 is 72.7 Å². The fourth-order valence-electron chi connectivity index (χ4n) is 0.931. The molecule has 17 heavy (non-hydrogen) atoms. The molecule has 0 atom stereocenters. The third-order valence-electron chi connectivity index (χ3n) is 1.56. The van der Waals surface area contributed by atoms with E-state index in [9.17, 15) is 0 Å². The summed E-state index contributed by atoms with van der Waals surface area (Å²) in [5, 5.41) is 0.771. The number of rotatable bonds is 1. The summed E-state index contributed by atoms with van der Waals surface area (Å²) in [4.78, 5) is 7.54. The van der Waals surface area contributed by atoms with Crippen molar-refractivity contribution in [2.75, 3.05) is 0 Å². The molecule has 0 heterocycles. The van der Waals surface area contributed by atoms with Gasteiger partial charge in [0.2, 0.25) is 5.96 Å². The maximum absolute atomic E-state index is 6.00. The Morgan fingerprint density at radius 2 is 1.76 bits per heavy atom. The van der Waals surface area contributed by atoms with Crippen LogP contribution in [0.15, 0.2) is 25.0 Å². The predicted molar refractivity (Wildman–Crippen MR) is 79.0 cm³/mol. The van der Waals surface area contributed by atoms with Gasteiger partial charge in [-0.05, 0) is 37.9 Å². The Morgan fingerprint density at radius 1 is 1.18 bits per heavy atom. The number of hydrogen-bond acceptors (Lipinski definition) is 1. The molecule has 9 heteroatoms.